The highest BCUT2D eigenvalue weighted by atomic mass is 16.3. The van der Waals surface area contributed by atoms with Crippen LogP contribution in [0.3, 0.4) is 0 Å². The van der Waals surface area contributed by atoms with Gasteiger partial charge in [0.2, 0.25) is 0 Å². The number of benzene rings is 2. The number of nitrogens with zero attached hydrogens (tertiary/aromatic N) is 2. The molecule has 100 valence electrons. The molecule has 0 radical (unpaired) electrons. The van der Waals surface area contributed by atoms with E-state index in [4.69, 9.17) is 0 Å². The lowest BCUT2D eigenvalue weighted by molar-refractivity contribution is 0.264. The summed E-state index contributed by atoms with van der Waals surface area (Å²) in [5, 5.41) is 9.47. The summed E-state index contributed by atoms with van der Waals surface area (Å²) in [5.74, 6) is 0.669. The number of aliphatic hydroxyl groups excluding tert-OH is 1. The minimum atomic E-state index is -0.0663. The van der Waals surface area contributed by atoms with Crippen molar-refractivity contribution in [2.75, 3.05) is 0 Å². The van der Waals surface area contributed by atoms with Gasteiger partial charge in [0.1, 0.15) is 12.4 Å². The molecule has 0 saturated carbocycles. The number of hydrogen-bond donors (Lipinski definition) is 1. The number of aromatic nitrogens is 2. The van der Waals surface area contributed by atoms with Crippen LogP contribution in [0.1, 0.15) is 23.0 Å². The van der Waals surface area contributed by atoms with Crippen LogP contribution in [0.2, 0.25) is 0 Å². The van der Waals surface area contributed by atoms with E-state index in [-0.39, 0.29) is 12.6 Å². The maximum atomic E-state index is 9.47. The van der Waals surface area contributed by atoms with Crippen LogP contribution in [0.25, 0.3) is 0 Å². The zero-order valence-electron chi connectivity index (χ0n) is 11.1. The highest BCUT2D eigenvalue weighted by Crippen LogP contribution is 2.27. The molecule has 0 aliphatic carbocycles. The average molecular weight is 264 g/mol. The molecule has 3 rings (SSSR count). The largest absolute Gasteiger partial charge is 0.388 e. The molecular weight excluding hydrogens is 248 g/mol. The van der Waals surface area contributed by atoms with Crippen molar-refractivity contribution in [3.05, 3.63) is 90.0 Å². The van der Waals surface area contributed by atoms with Crippen LogP contribution in [0, 0.1) is 0 Å². The van der Waals surface area contributed by atoms with Crippen LogP contribution in [0.5, 0.6) is 0 Å². The predicted octanol–water partition coefficient (Wildman–Crippen LogP) is 3.01. The summed E-state index contributed by atoms with van der Waals surface area (Å²) >= 11 is 0. The second-order valence-corrected chi connectivity index (χ2v) is 4.63. The molecule has 3 nitrogen and oxygen atoms in total. The summed E-state index contributed by atoms with van der Waals surface area (Å²) in [6, 6.07) is 20.5. The molecule has 0 amide bonds. The molecule has 0 spiro atoms. The SMILES string of the molecule is OCc1nccn1C(c1ccccc1)c1ccccc1. The lowest BCUT2D eigenvalue weighted by atomic mass is 9.98. The monoisotopic (exact) mass is 264 g/mol. The van der Waals surface area contributed by atoms with Crippen LogP contribution in [0.15, 0.2) is 73.1 Å². The Morgan fingerprint density at radius 1 is 0.900 bits per heavy atom. The molecule has 2 aromatic carbocycles. The molecule has 3 aromatic rings. The third kappa shape index (κ3) is 2.36. The van der Waals surface area contributed by atoms with Crippen molar-refractivity contribution in [1.29, 1.82) is 0 Å². The molecular formula is C17H16N2O. The Kier molecular flexibility index (Phi) is 3.61. The zero-order valence-corrected chi connectivity index (χ0v) is 11.1. The van der Waals surface area contributed by atoms with E-state index >= 15 is 0 Å². The van der Waals surface area contributed by atoms with Gasteiger partial charge >= 0.3 is 0 Å². The van der Waals surface area contributed by atoms with E-state index in [0.29, 0.717) is 5.82 Å². The molecule has 0 bridgehead atoms. The summed E-state index contributed by atoms with van der Waals surface area (Å²) in [4.78, 5) is 4.22. The van der Waals surface area contributed by atoms with E-state index in [2.05, 4.69) is 29.2 Å². The smallest absolute Gasteiger partial charge is 0.135 e. The van der Waals surface area contributed by atoms with Gasteiger partial charge in [0, 0.05) is 12.4 Å². The molecule has 1 N–H and O–H groups in total. The highest BCUT2D eigenvalue weighted by molar-refractivity contribution is 5.33. The normalized spacial score (nSPS) is 10.9. The van der Waals surface area contributed by atoms with E-state index in [1.165, 1.54) is 11.1 Å². The van der Waals surface area contributed by atoms with Crippen molar-refractivity contribution >= 4 is 0 Å². The molecule has 3 heteroatoms. The van der Waals surface area contributed by atoms with Crippen molar-refractivity contribution < 1.29 is 5.11 Å². The summed E-state index contributed by atoms with van der Waals surface area (Å²) < 4.78 is 2.02. The molecule has 0 saturated heterocycles. The van der Waals surface area contributed by atoms with Gasteiger partial charge in [0.25, 0.3) is 0 Å². The fraction of sp³-hybridized carbons (Fsp3) is 0.118. The van der Waals surface area contributed by atoms with Gasteiger partial charge in [-0.3, -0.25) is 0 Å². The summed E-state index contributed by atoms with van der Waals surface area (Å²) in [6.45, 7) is -0.0663. The van der Waals surface area contributed by atoms with Crippen molar-refractivity contribution in [3.63, 3.8) is 0 Å². The minimum Gasteiger partial charge on any atom is -0.388 e. The molecule has 1 aromatic heterocycles. The Morgan fingerprint density at radius 3 is 1.95 bits per heavy atom. The first-order chi connectivity index (χ1) is 9.90. The number of imidazole rings is 1. The Bertz CT molecular complexity index is 622. The Morgan fingerprint density at radius 2 is 1.45 bits per heavy atom. The Labute approximate surface area is 118 Å². The van der Waals surface area contributed by atoms with E-state index in [1.54, 1.807) is 6.20 Å². The standard InChI is InChI=1S/C17H16N2O/c20-13-16-18-11-12-19(16)17(14-7-3-1-4-8-14)15-9-5-2-6-10-15/h1-12,17,20H,13H2. The van der Waals surface area contributed by atoms with E-state index < -0.39 is 0 Å². The van der Waals surface area contributed by atoms with Crippen LogP contribution in [-0.4, -0.2) is 14.7 Å². The third-order valence-electron chi connectivity index (χ3n) is 3.40. The fourth-order valence-electron chi connectivity index (χ4n) is 2.49. The van der Waals surface area contributed by atoms with Gasteiger partial charge in [-0.1, -0.05) is 60.7 Å². The van der Waals surface area contributed by atoms with Gasteiger partial charge < -0.3 is 9.67 Å². The predicted molar refractivity (Wildman–Crippen MR) is 78.3 cm³/mol. The average Bonchev–Trinajstić information content (AvgIpc) is 2.98. The van der Waals surface area contributed by atoms with Crippen molar-refractivity contribution in [2.45, 2.75) is 12.6 Å². The second-order valence-electron chi connectivity index (χ2n) is 4.63. The van der Waals surface area contributed by atoms with Gasteiger partial charge in [-0.2, -0.15) is 0 Å². The van der Waals surface area contributed by atoms with Crippen molar-refractivity contribution in [1.82, 2.24) is 9.55 Å². The van der Waals surface area contributed by atoms with Crippen LogP contribution in [0.4, 0.5) is 0 Å². The first-order valence-corrected chi connectivity index (χ1v) is 6.62. The summed E-state index contributed by atoms with van der Waals surface area (Å²) in [7, 11) is 0. The lowest BCUT2D eigenvalue weighted by Gasteiger charge is -2.21. The second kappa shape index (κ2) is 5.72. The van der Waals surface area contributed by atoms with Crippen molar-refractivity contribution in [3.8, 4) is 0 Å². The minimum absolute atomic E-state index is 0.0297. The van der Waals surface area contributed by atoms with Gasteiger partial charge in [0.05, 0.1) is 6.04 Å². The molecule has 20 heavy (non-hydrogen) atoms. The summed E-state index contributed by atoms with van der Waals surface area (Å²) in [5.41, 5.74) is 2.35. The van der Waals surface area contributed by atoms with Gasteiger partial charge in [-0.05, 0) is 11.1 Å². The van der Waals surface area contributed by atoms with Crippen LogP contribution >= 0.6 is 0 Å². The van der Waals surface area contributed by atoms with Crippen LogP contribution < -0.4 is 0 Å². The zero-order chi connectivity index (χ0) is 13.8. The van der Waals surface area contributed by atoms with Crippen LogP contribution in [-0.2, 0) is 6.61 Å². The third-order valence-corrected chi connectivity index (χ3v) is 3.40. The summed E-state index contributed by atoms with van der Waals surface area (Å²) in [6.07, 6.45) is 3.64. The Hall–Kier alpha value is -2.39. The molecule has 1 heterocycles. The fourth-order valence-corrected chi connectivity index (χ4v) is 2.49. The van der Waals surface area contributed by atoms with E-state index in [1.807, 2.05) is 47.2 Å². The van der Waals surface area contributed by atoms with Gasteiger partial charge in [-0.25, -0.2) is 4.98 Å². The molecule has 0 aliphatic rings. The maximum Gasteiger partial charge on any atom is 0.135 e. The quantitative estimate of drug-likeness (QED) is 0.786. The Balaban J connectivity index is 2.14. The first-order valence-electron chi connectivity index (χ1n) is 6.62. The number of hydrogen-bond acceptors (Lipinski definition) is 2. The maximum absolute atomic E-state index is 9.47. The highest BCUT2D eigenvalue weighted by Gasteiger charge is 2.18. The topological polar surface area (TPSA) is 38.1 Å². The molecule has 0 fully saturated rings. The lowest BCUT2D eigenvalue weighted by Crippen LogP contribution is -2.14. The molecule has 0 unspecified atom stereocenters. The number of rotatable bonds is 4. The van der Waals surface area contributed by atoms with E-state index in [9.17, 15) is 5.11 Å². The first kappa shape index (κ1) is 12.6. The molecule has 0 aliphatic heterocycles. The van der Waals surface area contributed by atoms with Crippen molar-refractivity contribution in [2.24, 2.45) is 0 Å². The number of aliphatic hydroxyl groups is 1. The van der Waals surface area contributed by atoms with Gasteiger partial charge in [-0.15, -0.1) is 0 Å². The molecule has 0 atom stereocenters. The van der Waals surface area contributed by atoms with E-state index in [0.717, 1.165) is 0 Å². The van der Waals surface area contributed by atoms with Gasteiger partial charge in [0.15, 0.2) is 0 Å².